The number of carbonyl (C=O) groups is 3. The van der Waals surface area contributed by atoms with Crippen LogP contribution in [0, 0.1) is 11.3 Å². The molecular formula is C31H41N4O7P. The number of alkyl carbamates (subject to hydrolysis) is 1. The van der Waals surface area contributed by atoms with Gasteiger partial charge in [-0.25, -0.2) is 9.78 Å². The number of benzene rings is 1. The molecule has 3 heterocycles. The van der Waals surface area contributed by atoms with Crippen LogP contribution in [-0.2, 0) is 25.3 Å². The summed E-state index contributed by atoms with van der Waals surface area (Å²) in [6, 6.07) is 6.09. The van der Waals surface area contributed by atoms with Crippen LogP contribution in [0.5, 0.6) is 5.88 Å². The fourth-order valence-corrected chi connectivity index (χ4v) is 7.75. The second kappa shape index (κ2) is 11.6. The minimum absolute atomic E-state index is 0.0591. The quantitative estimate of drug-likeness (QED) is 0.347. The second-order valence-electron chi connectivity index (χ2n) is 13.0. The third kappa shape index (κ3) is 6.43. The Kier molecular flexibility index (Phi) is 8.35. The van der Waals surface area contributed by atoms with E-state index in [1.807, 2.05) is 26.0 Å². The number of hydrogen-bond donors (Lipinski definition) is 3. The van der Waals surface area contributed by atoms with Crippen molar-refractivity contribution in [1.29, 1.82) is 0 Å². The van der Waals surface area contributed by atoms with Crippen molar-refractivity contribution in [2.24, 2.45) is 11.3 Å². The van der Waals surface area contributed by atoms with E-state index in [0.717, 1.165) is 35.6 Å². The largest absolute Gasteiger partial charge is 0.472 e. The molecule has 2 aliphatic heterocycles. The van der Waals surface area contributed by atoms with Gasteiger partial charge in [0.15, 0.2) is 0 Å². The van der Waals surface area contributed by atoms with Gasteiger partial charge in [-0.1, -0.05) is 32.1 Å². The van der Waals surface area contributed by atoms with Crippen LogP contribution in [-0.4, -0.2) is 76.0 Å². The highest BCUT2D eigenvalue weighted by Gasteiger charge is 2.64. The Bertz CT molecular complexity index is 1490. The molecule has 4 bridgehead atoms. The Hall–Kier alpha value is -3.43. The minimum atomic E-state index is -3.75. The van der Waals surface area contributed by atoms with Crippen LogP contribution in [0.15, 0.2) is 43.1 Å². The average molecular weight is 613 g/mol. The van der Waals surface area contributed by atoms with Crippen LogP contribution in [0.2, 0.25) is 0 Å². The molecule has 0 radical (unpaired) electrons. The summed E-state index contributed by atoms with van der Waals surface area (Å²) in [5, 5.41) is 5.87. The molecule has 1 aliphatic carbocycles. The summed E-state index contributed by atoms with van der Waals surface area (Å²) in [6.45, 7) is 10.8. The van der Waals surface area contributed by atoms with Gasteiger partial charge in [-0.3, -0.25) is 14.2 Å². The van der Waals surface area contributed by atoms with Gasteiger partial charge in [0, 0.05) is 30.6 Å². The molecule has 1 saturated carbocycles. The lowest BCUT2D eigenvalue weighted by Crippen LogP contribution is -2.54. The van der Waals surface area contributed by atoms with E-state index in [9.17, 15) is 23.8 Å². The first-order valence-corrected chi connectivity index (χ1v) is 16.9. The number of rotatable bonds is 4. The third-order valence-electron chi connectivity index (χ3n) is 8.89. The molecule has 0 spiro atoms. The molecular weight excluding hydrogens is 571 g/mol. The van der Waals surface area contributed by atoms with Crippen LogP contribution in [0.3, 0.4) is 0 Å². The van der Waals surface area contributed by atoms with Gasteiger partial charge in [0.2, 0.25) is 25.1 Å². The summed E-state index contributed by atoms with van der Waals surface area (Å²) in [4.78, 5) is 56.4. The Balaban J connectivity index is 1.47. The highest BCUT2D eigenvalue weighted by molar-refractivity contribution is 7.59. The number of pyridine rings is 1. The number of amides is 3. The molecule has 1 saturated heterocycles. The maximum absolute atomic E-state index is 13.7. The number of carbonyl (C=O) groups excluding carboxylic acids is 3. The van der Waals surface area contributed by atoms with Crippen molar-refractivity contribution in [2.75, 3.05) is 19.8 Å². The molecule has 2 fully saturated rings. The van der Waals surface area contributed by atoms with E-state index in [4.69, 9.17) is 9.47 Å². The average Bonchev–Trinajstić information content (AvgIpc) is 3.52. The Morgan fingerprint density at radius 1 is 1.30 bits per heavy atom. The van der Waals surface area contributed by atoms with E-state index in [1.165, 1.54) is 18.5 Å². The van der Waals surface area contributed by atoms with Crippen molar-refractivity contribution in [3.8, 4) is 5.88 Å². The zero-order valence-electron chi connectivity index (χ0n) is 25.2. The summed E-state index contributed by atoms with van der Waals surface area (Å²) in [5.41, 5.74) is 0.844. The van der Waals surface area contributed by atoms with Gasteiger partial charge in [-0.15, -0.1) is 6.58 Å². The SMILES string of the molecule is C=CC1CC1(NC(=O)[C@@H]1C[C@@H]2CN1C(=O)[C@H](C)NC(=O)OCC(C)(C)CCCc1ccc3ccnc(c3c1)O2)P(C)(=O)O. The van der Waals surface area contributed by atoms with Crippen LogP contribution < -0.4 is 15.4 Å². The maximum Gasteiger partial charge on any atom is 0.407 e. The first-order chi connectivity index (χ1) is 20.2. The van der Waals surface area contributed by atoms with Gasteiger partial charge in [0.1, 0.15) is 23.5 Å². The predicted molar refractivity (Wildman–Crippen MR) is 162 cm³/mol. The third-order valence-corrected chi connectivity index (χ3v) is 11.0. The zero-order chi connectivity index (χ0) is 31.2. The Morgan fingerprint density at radius 3 is 2.77 bits per heavy atom. The molecule has 43 heavy (non-hydrogen) atoms. The van der Waals surface area contributed by atoms with Gasteiger partial charge < -0.3 is 29.9 Å². The smallest absolute Gasteiger partial charge is 0.407 e. The summed E-state index contributed by atoms with van der Waals surface area (Å²) in [6.07, 6.45) is 4.87. The van der Waals surface area contributed by atoms with Gasteiger partial charge in [-0.05, 0) is 61.1 Å². The highest BCUT2D eigenvalue weighted by Crippen LogP contribution is 2.67. The predicted octanol–water partition coefficient (Wildman–Crippen LogP) is 3.98. The van der Waals surface area contributed by atoms with Gasteiger partial charge in [0.25, 0.3) is 0 Å². The molecule has 2 aromatic rings. The lowest BCUT2D eigenvalue weighted by Gasteiger charge is -2.30. The molecule has 1 aromatic carbocycles. The molecule has 3 amide bonds. The number of fused-ring (bicyclic) bond motifs is 3. The van der Waals surface area contributed by atoms with Gasteiger partial charge >= 0.3 is 6.09 Å². The Labute approximate surface area is 251 Å². The molecule has 232 valence electrons. The second-order valence-corrected chi connectivity index (χ2v) is 15.5. The van der Waals surface area contributed by atoms with Crippen LogP contribution in [0.1, 0.15) is 52.0 Å². The highest BCUT2D eigenvalue weighted by atomic mass is 31.2. The molecule has 3 unspecified atom stereocenters. The van der Waals surface area contributed by atoms with Crippen LogP contribution in [0.25, 0.3) is 10.8 Å². The van der Waals surface area contributed by atoms with Gasteiger partial charge in [0.05, 0.1) is 13.2 Å². The minimum Gasteiger partial charge on any atom is -0.472 e. The van der Waals surface area contributed by atoms with Crippen molar-refractivity contribution < 1.29 is 33.3 Å². The van der Waals surface area contributed by atoms with E-state index in [0.29, 0.717) is 5.88 Å². The standard InChI is InChI=1S/C31H41N4O7P/c1-6-22-16-31(22,43(5,39)40)34-26(36)25-15-23-17-35(25)28(37)19(2)33-29(38)41-18-30(3,4)12-7-8-20-9-10-21-11-13-32-27(42-23)24(21)14-20/h6,9-11,13-14,19,22-23,25H,1,7-8,12,15-18H2,2-5H3,(H,33,38)(H,34,36)(H,39,40)/t19-,22?,23+,25-,31?/m0/s1. The first-order valence-electron chi connectivity index (χ1n) is 14.8. The van der Waals surface area contributed by atoms with Gasteiger partial charge in [-0.2, -0.15) is 0 Å². The van der Waals surface area contributed by atoms with Crippen LogP contribution in [0.4, 0.5) is 4.79 Å². The fraction of sp³-hybridized carbons (Fsp3) is 0.548. The zero-order valence-corrected chi connectivity index (χ0v) is 26.1. The van der Waals surface area contributed by atoms with Crippen molar-refractivity contribution in [2.45, 2.75) is 76.3 Å². The summed E-state index contributed by atoms with van der Waals surface area (Å²) < 4.78 is 24.7. The van der Waals surface area contributed by atoms with E-state index < -0.39 is 48.7 Å². The number of hydrogen-bond acceptors (Lipinski definition) is 7. The Morgan fingerprint density at radius 2 is 2.07 bits per heavy atom. The van der Waals surface area contributed by atoms with Crippen molar-refractivity contribution in [3.63, 3.8) is 0 Å². The first kappa shape index (κ1) is 31.0. The molecule has 3 aliphatic rings. The summed E-state index contributed by atoms with van der Waals surface area (Å²) in [5.74, 6) is -1.000. The van der Waals surface area contributed by atoms with Crippen molar-refractivity contribution in [1.82, 2.24) is 20.5 Å². The maximum atomic E-state index is 13.7. The van der Waals surface area contributed by atoms with E-state index >= 15 is 0 Å². The number of aryl methyl sites for hydroxylation is 1. The molecule has 11 nitrogen and oxygen atoms in total. The van der Waals surface area contributed by atoms with E-state index in [1.54, 1.807) is 12.3 Å². The molecule has 3 N–H and O–H groups in total. The number of nitrogens with zero attached hydrogens (tertiary/aromatic N) is 2. The van der Waals surface area contributed by atoms with Crippen molar-refractivity contribution >= 4 is 36.0 Å². The molecule has 5 rings (SSSR count). The van der Waals surface area contributed by atoms with Crippen molar-refractivity contribution in [3.05, 3.63) is 48.7 Å². The normalized spacial score (nSPS) is 30.7. The number of ether oxygens (including phenoxy) is 2. The lowest BCUT2D eigenvalue weighted by molar-refractivity contribution is -0.139. The van der Waals surface area contributed by atoms with E-state index in [2.05, 4.69) is 34.3 Å². The molecule has 6 atom stereocenters. The topological polar surface area (TPSA) is 147 Å². The monoisotopic (exact) mass is 612 g/mol. The number of aromatic nitrogens is 1. The number of nitrogens with one attached hydrogen (secondary N) is 2. The van der Waals surface area contributed by atoms with E-state index in [-0.39, 0.29) is 37.3 Å². The number of cyclic esters (lactones) is 1. The van der Waals surface area contributed by atoms with Crippen LogP contribution >= 0.6 is 7.37 Å². The summed E-state index contributed by atoms with van der Waals surface area (Å²) >= 11 is 0. The molecule has 12 heteroatoms. The fourth-order valence-electron chi connectivity index (χ4n) is 6.18. The molecule has 1 aromatic heterocycles. The lowest BCUT2D eigenvalue weighted by atomic mass is 9.87. The summed E-state index contributed by atoms with van der Waals surface area (Å²) in [7, 11) is -3.75.